The van der Waals surface area contributed by atoms with E-state index in [-0.39, 0.29) is 24.2 Å². The standard InChI is InChI=1S/C23H28N2O5/c1-5-29-22(27)19-13(2)20(24-14(19)3)23(28)30-15(4)21(26)25-18-12-8-10-16-9-6-7-11-17(16)18/h6-7,9,11,15,18,24H,5,8,10,12H2,1-4H3,(H,25,26)/t15-,18-/m1/s1. The predicted octanol–water partition coefficient (Wildman–Crippen LogP) is 3.55. The van der Waals surface area contributed by atoms with Crippen LogP contribution in [0.4, 0.5) is 0 Å². The van der Waals surface area contributed by atoms with Gasteiger partial charge in [-0.1, -0.05) is 24.3 Å². The molecule has 0 saturated heterocycles. The highest BCUT2D eigenvalue weighted by Gasteiger charge is 2.28. The van der Waals surface area contributed by atoms with Gasteiger partial charge in [0.25, 0.3) is 5.91 Å². The highest BCUT2D eigenvalue weighted by atomic mass is 16.5. The van der Waals surface area contributed by atoms with Crippen molar-refractivity contribution in [3.05, 3.63) is 57.9 Å². The summed E-state index contributed by atoms with van der Waals surface area (Å²) in [5, 5.41) is 3.00. The second kappa shape index (κ2) is 9.15. The van der Waals surface area contributed by atoms with E-state index in [0.717, 1.165) is 24.8 Å². The van der Waals surface area contributed by atoms with Crippen LogP contribution in [0, 0.1) is 13.8 Å². The Kier molecular flexibility index (Phi) is 6.59. The third-order valence-corrected chi connectivity index (χ3v) is 5.46. The first-order valence-corrected chi connectivity index (χ1v) is 10.3. The Hall–Kier alpha value is -3.09. The number of aryl methyl sites for hydroxylation is 2. The summed E-state index contributed by atoms with van der Waals surface area (Å²) in [4.78, 5) is 40.3. The van der Waals surface area contributed by atoms with Crippen LogP contribution in [-0.4, -0.2) is 35.5 Å². The van der Waals surface area contributed by atoms with Crippen LogP contribution in [0.1, 0.15) is 76.0 Å². The molecule has 160 valence electrons. The minimum atomic E-state index is -0.972. The third kappa shape index (κ3) is 4.40. The summed E-state index contributed by atoms with van der Waals surface area (Å²) >= 11 is 0. The maximum Gasteiger partial charge on any atom is 0.355 e. The minimum Gasteiger partial charge on any atom is -0.462 e. The number of rotatable bonds is 6. The van der Waals surface area contributed by atoms with E-state index in [4.69, 9.17) is 9.47 Å². The number of carbonyl (C=O) groups is 3. The Morgan fingerprint density at radius 2 is 1.93 bits per heavy atom. The molecule has 0 saturated carbocycles. The summed E-state index contributed by atoms with van der Waals surface area (Å²) in [7, 11) is 0. The molecule has 0 spiro atoms. The molecule has 7 nitrogen and oxygen atoms in total. The summed E-state index contributed by atoms with van der Waals surface area (Å²) in [6, 6.07) is 7.98. The van der Waals surface area contributed by atoms with Crippen molar-refractivity contribution in [3.63, 3.8) is 0 Å². The molecule has 1 aliphatic carbocycles. The zero-order valence-electron chi connectivity index (χ0n) is 17.8. The summed E-state index contributed by atoms with van der Waals surface area (Å²) in [5.41, 5.74) is 3.80. The van der Waals surface area contributed by atoms with Gasteiger partial charge < -0.3 is 19.8 Å². The Bertz CT molecular complexity index is 962. The smallest absolute Gasteiger partial charge is 0.355 e. The van der Waals surface area contributed by atoms with Gasteiger partial charge >= 0.3 is 11.9 Å². The molecular weight excluding hydrogens is 384 g/mol. The van der Waals surface area contributed by atoms with Crippen molar-refractivity contribution in [1.29, 1.82) is 0 Å². The molecule has 2 atom stereocenters. The van der Waals surface area contributed by atoms with Crippen LogP contribution in [0.3, 0.4) is 0 Å². The highest BCUT2D eigenvalue weighted by molar-refractivity contribution is 5.99. The number of aromatic amines is 1. The number of hydrogen-bond acceptors (Lipinski definition) is 5. The van der Waals surface area contributed by atoms with Gasteiger partial charge in [0.2, 0.25) is 0 Å². The number of carbonyl (C=O) groups excluding carboxylic acids is 3. The molecule has 1 aliphatic rings. The molecule has 1 amide bonds. The molecule has 30 heavy (non-hydrogen) atoms. The van der Waals surface area contributed by atoms with E-state index in [1.165, 1.54) is 5.56 Å². The molecule has 0 fully saturated rings. The molecule has 3 rings (SSSR count). The van der Waals surface area contributed by atoms with Crippen LogP contribution in [0.15, 0.2) is 24.3 Å². The molecule has 2 N–H and O–H groups in total. The molecule has 0 aliphatic heterocycles. The average molecular weight is 412 g/mol. The molecule has 1 heterocycles. The fourth-order valence-corrected chi connectivity index (χ4v) is 3.93. The van der Waals surface area contributed by atoms with E-state index in [0.29, 0.717) is 16.8 Å². The zero-order valence-corrected chi connectivity index (χ0v) is 17.8. The molecular formula is C23H28N2O5. The number of esters is 2. The van der Waals surface area contributed by atoms with E-state index in [2.05, 4.69) is 16.4 Å². The van der Waals surface area contributed by atoms with Crippen molar-refractivity contribution in [2.75, 3.05) is 6.61 Å². The van der Waals surface area contributed by atoms with Gasteiger partial charge in [-0.3, -0.25) is 4.79 Å². The van der Waals surface area contributed by atoms with Crippen LogP contribution in [-0.2, 0) is 20.7 Å². The minimum absolute atomic E-state index is 0.0894. The summed E-state index contributed by atoms with van der Waals surface area (Å²) < 4.78 is 10.4. The SMILES string of the molecule is CCOC(=O)c1c(C)[nH]c(C(=O)O[C@H](C)C(=O)N[C@@H]2CCCc3ccccc32)c1C. The first-order chi connectivity index (χ1) is 14.3. The first-order valence-electron chi connectivity index (χ1n) is 10.3. The van der Waals surface area contributed by atoms with Crippen LogP contribution >= 0.6 is 0 Å². The fraction of sp³-hybridized carbons (Fsp3) is 0.435. The second-order valence-electron chi connectivity index (χ2n) is 7.55. The summed E-state index contributed by atoms with van der Waals surface area (Å²) in [6.45, 7) is 6.83. The third-order valence-electron chi connectivity index (χ3n) is 5.46. The van der Waals surface area contributed by atoms with Crippen molar-refractivity contribution in [3.8, 4) is 0 Å². The maximum absolute atomic E-state index is 12.7. The number of amides is 1. The number of H-pyrrole nitrogens is 1. The van der Waals surface area contributed by atoms with E-state index in [1.54, 1.807) is 27.7 Å². The second-order valence-corrected chi connectivity index (χ2v) is 7.55. The van der Waals surface area contributed by atoms with Crippen LogP contribution in [0.2, 0.25) is 0 Å². The van der Waals surface area contributed by atoms with Gasteiger partial charge in [0.05, 0.1) is 18.2 Å². The van der Waals surface area contributed by atoms with E-state index < -0.39 is 18.0 Å². The summed E-state index contributed by atoms with van der Waals surface area (Å²) in [6.07, 6.45) is 1.87. The molecule has 1 aromatic carbocycles. The van der Waals surface area contributed by atoms with E-state index in [1.807, 2.05) is 18.2 Å². The lowest BCUT2D eigenvalue weighted by molar-refractivity contribution is -0.130. The Balaban J connectivity index is 1.67. The number of nitrogens with one attached hydrogen (secondary N) is 2. The van der Waals surface area contributed by atoms with Gasteiger partial charge in [-0.25, -0.2) is 9.59 Å². The van der Waals surface area contributed by atoms with Crippen molar-refractivity contribution >= 4 is 17.8 Å². The molecule has 0 unspecified atom stereocenters. The predicted molar refractivity (Wildman–Crippen MR) is 111 cm³/mol. The van der Waals surface area contributed by atoms with E-state index >= 15 is 0 Å². The van der Waals surface area contributed by atoms with Gasteiger partial charge in [0.15, 0.2) is 6.10 Å². The molecule has 1 aromatic heterocycles. The maximum atomic E-state index is 12.7. The van der Waals surface area contributed by atoms with Gasteiger partial charge in [0.1, 0.15) is 5.69 Å². The van der Waals surface area contributed by atoms with Crippen molar-refractivity contribution < 1.29 is 23.9 Å². The summed E-state index contributed by atoms with van der Waals surface area (Å²) in [5.74, 6) is -1.53. The van der Waals surface area contributed by atoms with Gasteiger partial charge in [-0.05, 0) is 63.6 Å². The van der Waals surface area contributed by atoms with Crippen molar-refractivity contribution in [2.24, 2.45) is 0 Å². The Morgan fingerprint density at radius 3 is 2.67 bits per heavy atom. The van der Waals surface area contributed by atoms with Gasteiger partial charge in [-0.2, -0.15) is 0 Å². The lowest BCUT2D eigenvalue weighted by atomic mass is 9.87. The zero-order chi connectivity index (χ0) is 21.8. The molecule has 2 aromatic rings. The Morgan fingerprint density at radius 1 is 1.20 bits per heavy atom. The molecule has 7 heteroatoms. The highest BCUT2D eigenvalue weighted by Crippen LogP contribution is 2.29. The lowest BCUT2D eigenvalue weighted by Crippen LogP contribution is -2.39. The van der Waals surface area contributed by atoms with Crippen LogP contribution in [0.5, 0.6) is 0 Å². The monoisotopic (exact) mass is 412 g/mol. The normalized spacial score (nSPS) is 16.3. The topological polar surface area (TPSA) is 97.5 Å². The molecule has 0 bridgehead atoms. The average Bonchev–Trinajstić information content (AvgIpc) is 3.02. The van der Waals surface area contributed by atoms with Crippen molar-refractivity contribution in [1.82, 2.24) is 10.3 Å². The number of ether oxygens (including phenoxy) is 2. The van der Waals surface area contributed by atoms with Gasteiger partial charge in [-0.15, -0.1) is 0 Å². The van der Waals surface area contributed by atoms with Crippen LogP contribution < -0.4 is 5.32 Å². The first kappa shape index (κ1) is 21.6. The van der Waals surface area contributed by atoms with Crippen molar-refractivity contribution in [2.45, 2.75) is 59.1 Å². The van der Waals surface area contributed by atoms with Crippen LogP contribution in [0.25, 0.3) is 0 Å². The van der Waals surface area contributed by atoms with E-state index in [9.17, 15) is 14.4 Å². The largest absolute Gasteiger partial charge is 0.462 e. The quantitative estimate of drug-likeness (QED) is 0.707. The number of benzene rings is 1. The number of hydrogen-bond donors (Lipinski definition) is 2. The van der Waals surface area contributed by atoms with Gasteiger partial charge in [0, 0.05) is 5.69 Å². The molecule has 0 radical (unpaired) electrons. The number of aromatic nitrogens is 1. The fourth-order valence-electron chi connectivity index (χ4n) is 3.93. The Labute approximate surface area is 176 Å². The lowest BCUT2D eigenvalue weighted by Gasteiger charge is -2.27. The number of fused-ring (bicyclic) bond motifs is 1.